The molecule has 1 aromatic heterocycles. The minimum Gasteiger partial charge on any atom is -0.485 e. The molecule has 1 aliphatic heterocycles. The second kappa shape index (κ2) is 11.2. The highest BCUT2D eigenvalue weighted by atomic mass is 35.5. The van der Waals surface area contributed by atoms with Crippen LogP contribution in [0.15, 0.2) is 47.4 Å². The van der Waals surface area contributed by atoms with Crippen LogP contribution in [-0.4, -0.2) is 52.1 Å². The number of fused-ring (bicyclic) bond motifs is 3. The van der Waals surface area contributed by atoms with Crippen LogP contribution in [0.3, 0.4) is 0 Å². The van der Waals surface area contributed by atoms with Crippen molar-refractivity contribution in [2.24, 2.45) is 7.05 Å². The molecule has 11 heteroatoms. The summed E-state index contributed by atoms with van der Waals surface area (Å²) in [4.78, 5) is 12.5. The number of aromatic nitrogens is 3. The number of carbonyl (C=O) groups is 1. The van der Waals surface area contributed by atoms with Crippen LogP contribution in [0.2, 0.25) is 5.02 Å². The highest BCUT2D eigenvalue weighted by molar-refractivity contribution is 8.22. The van der Waals surface area contributed by atoms with Crippen molar-refractivity contribution in [3.05, 3.63) is 80.9 Å². The summed E-state index contributed by atoms with van der Waals surface area (Å²) in [5.41, 5.74) is 7.73. The number of halogens is 1. The average Bonchev–Trinajstić information content (AvgIpc) is 3.56. The van der Waals surface area contributed by atoms with Gasteiger partial charge in [0.05, 0.1) is 23.5 Å². The Morgan fingerprint density at radius 3 is 2.79 bits per heavy atom. The molecule has 0 bridgehead atoms. The Morgan fingerprint density at radius 2 is 2.02 bits per heavy atom. The van der Waals surface area contributed by atoms with Gasteiger partial charge in [-0.15, -0.1) is 15.9 Å². The first-order valence-electron chi connectivity index (χ1n) is 14.2. The van der Waals surface area contributed by atoms with Crippen LogP contribution < -0.4 is 4.74 Å². The quantitative estimate of drug-likeness (QED) is 0.211. The lowest BCUT2D eigenvalue weighted by molar-refractivity contribution is -0.137. The normalized spacial score (nSPS) is 19.5. The molecule has 4 aromatic rings. The molecule has 9 nitrogen and oxygen atoms in total. The molecule has 0 saturated carbocycles. The summed E-state index contributed by atoms with van der Waals surface area (Å²) in [6, 6.07) is 13.2. The van der Waals surface area contributed by atoms with E-state index in [2.05, 4.69) is 22.4 Å². The molecule has 0 amide bonds. The van der Waals surface area contributed by atoms with Crippen LogP contribution >= 0.6 is 22.4 Å². The molecule has 2 atom stereocenters. The number of aryl methyl sites for hydroxylation is 3. The van der Waals surface area contributed by atoms with Gasteiger partial charge in [-0.25, -0.2) is 4.68 Å². The van der Waals surface area contributed by atoms with Gasteiger partial charge in [0.15, 0.2) is 5.75 Å². The van der Waals surface area contributed by atoms with E-state index in [9.17, 15) is 19.0 Å². The maximum Gasteiger partial charge on any atom is 0.304 e. The van der Waals surface area contributed by atoms with Crippen molar-refractivity contribution < 1.29 is 23.7 Å². The number of hydrogen-bond acceptors (Lipinski definition) is 7. The van der Waals surface area contributed by atoms with Crippen LogP contribution in [0.5, 0.6) is 5.75 Å². The summed E-state index contributed by atoms with van der Waals surface area (Å²) in [5.74, 6) is -0.975. The Hall–Kier alpha value is -3.15. The summed E-state index contributed by atoms with van der Waals surface area (Å²) < 4.78 is 32.9. The number of carboxylic acids is 1. The Balaban J connectivity index is 1.45. The van der Waals surface area contributed by atoms with Crippen molar-refractivity contribution in [2.45, 2.75) is 69.4 Å². The van der Waals surface area contributed by atoms with E-state index in [-0.39, 0.29) is 24.0 Å². The summed E-state index contributed by atoms with van der Waals surface area (Å²) in [5, 5.41) is 18.8. The van der Waals surface area contributed by atoms with Crippen LogP contribution in [0, 0.1) is 6.92 Å². The molecule has 0 unspecified atom stereocenters. The fourth-order valence-corrected chi connectivity index (χ4v) is 8.34. The van der Waals surface area contributed by atoms with Gasteiger partial charge in [-0.1, -0.05) is 48.0 Å². The van der Waals surface area contributed by atoms with Gasteiger partial charge in [0.2, 0.25) is 0 Å². The van der Waals surface area contributed by atoms with Crippen LogP contribution in [0.25, 0.3) is 11.0 Å². The minimum absolute atomic E-state index is 0.0820. The van der Waals surface area contributed by atoms with Crippen molar-refractivity contribution in [1.29, 1.82) is 0 Å². The molecule has 42 heavy (non-hydrogen) atoms. The van der Waals surface area contributed by atoms with E-state index in [1.807, 2.05) is 33.0 Å². The number of carboxylic acid groups (broad SMARTS) is 1. The Morgan fingerprint density at radius 1 is 1.21 bits per heavy atom. The first-order chi connectivity index (χ1) is 20.1. The first-order valence-corrected chi connectivity index (χ1v) is 16.1. The average molecular weight is 611 g/mol. The van der Waals surface area contributed by atoms with E-state index in [0.717, 1.165) is 52.5 Å². The molecule has 6 rings (SSSR count). The highest BCUT2D eigenvalue weighted by Gasteiger charge is 2.37. The van der Waals surface area contributed by atoms with Gasteiger partial charge in [-0.3, -0.25) is 13.9 Å². The minimum atomic E-state index is -3.42. The summed E-state index contributed by atoms with van der Waals surface area (Å²) in [7, 11) is -1.58. The fourth-order valence-electron chi connectivity index (χ4n) is 6.42. The van der Waals surface area contributed by atoms with E-state index >= 15 is 0 Å². The molecule has 0 fully saturated rings. The van der Waals surface area contributed by atoms with Gasteiger partial charge in [0.1, 0.15) is 16.5 Å². The van der Waals surface area contributed by atoms with Crippen molar-refractivity contribution in [1.82, 2.24) is 19.3 Å². The highest BCUT2D eigenvalue weighted by Crippen LogP contribution is 2.59. The van der Waals surface area contributed by atoms with Gasteiger partial charge >= 0.3 is 5.97 Å². The van der Waals surface area contributed by atoms with E-state index in [1.54, 1.807) is 27.2 Å². The van der Waals surface area contributed by atoms with Crippen LogP contribution in [0.4, 0.5) is 0 Å². The van der Waals surface area contributed by atoms with Gasteiger partial charge in [0, 0.05) is 19.5 Å². The summed E-state index contributed by atoms with van der Waals surface area (Å²) >= 11 is 6.44. The lowest BCUT2D eigenvalue weighted by Crippen LogP contribution is -2.34. The predicted octanol–water partition coefficient (Wildman–Crippen LogP) is 6.72. The number of nitrogens with zero attached hydrogens (tertiary/aromatic N) is 4. The van der Waals surface area contributed by atoms with Crippen molar-refractivity contribution >= 4 is 39.4 Å². The maximum absolute atomic E-state index is 12.2. The predicted molar refractivity (Wildman–Crippen MR) is 163 cm³/mol. The fraction of sp³-hybridized carbons (Fsp3) is 0.387. The van der Waals surface area contributed by atoms with Crippen LogP contribution in [-0.2, 0) is 31.2 Å². The molecule has 0 saturated heterocycles. The number of ether oxygens (including phenoxy) is 1. The van der Waals surface area contributed by atoms with Gasteiger partial charge in [0.25, 0.3) is 0 Å². The number of para-hydroxylation sites is 1. The molecule has 3 aromatic carbocycles. The second-order valence-electron chi connectivity index (χ2n) is 11.2. The van der Waals surface area contributed by atoms with Gasteiger partial charge in [-0.2, -0.15) is 4.31 Å². The van der Waals surface area contributed by atoms with Gasteiger partial charge in [-0.05, 0) is 84.2 Å². The lowest BCUT2D eigenvalue weighted by atomic mass is 9.83. The molecule has 2 aliphatic rings. The second-order valence-corrected chi connectivity index (χ2v) is 13.6. The molecular formula is C31H35ClN4O5S. The SMILES string of the molecule is CC[C@@H]1CN(Cc2cc([C@@H](CC(=O)O)c3ccc4c(nnn4C)c3C)cc3c2CCC3)S(O)(O)c2cccc(Cl)c2O1. The third kappa shape index (κ3) is 5.05. The monoisotopic (exact) mass is 610 g/mol. The number of aliphatic carboxylic acids is 1. The standard InChI is InChI=1S/C31H35ClN4O5S/c1-4-22-17-36(42(39,40)28-10-6-9-26(32)31(28)41-22)16-21-14-20(13-19-7-5-8-24(19)21)25(15-29(37)38)23-11-12-27-30(18(23)2)33-34-35(27)3/h6,9-14,22,25,39-40H,4-5,7-8,15-17H2,1-3H3,(H,37,38)/t22-,25-/m1/s1. The smallest absolute Gasteiger partial charge is 0.304 e. The molecule has 2 heterocycles. The van der Waals surface area contributed by atoms with Gasteiger partial charge < -0.3 is 9.84 Å². The molecule has 222 valence electrons. The van der Waals surface area contributed by atoms with Crippen LogP contribution in [0.1, 0.15) is 65.5 Å². The lowest BCUT2D eigenvalue weighted by Gasteiger charge is -2.42. The Kier molecular flexibility index (Phi) is 7.69. The third-order valence-corrected chi connectivity index (χ3v) is 10.9. The third-order valence-electron chi connectivity index (χ3n) is 8.65. The van der Waals surface area contributed by atoms with Crippen molar-refractivity contribution in [3.63, 3.8) is 0 Å². The van der Waals surface area contributed by atoms with Crippen molar-refractivity contribution in [3.8, 4) is 5.75 Å². The zero-order chi connectivity index (χ0) is 29.8. The Bertz CT molecular complexity index is 1690. The molecule has 3 N–H and O–H groups in total. The molecule has 0 spiro atoms. The number of rotatable bonds is 7. The van der Waals surface area contributed by atoms with E-state index in [1.165, 1.54) is 11.1 Å². The largest absolute Gasteiger partial charge is 0.485 e. The van der Waals surface area contributed by atoms with Crippen molar-refractivity contribution in [2.75, 3.05) is 6.54 Å². The maximum atomic E-state index is 12.2. The zero-order valence-electron chi connectivity index (χ0n) is 23.9. The topological polar surface area (TPSA) is 121 Å². The number of benzene rings is 3. The number of hydrogen-bond donors (Lipinski definition) is 3. The molecule has 1 aliphatic carbocycles. The molecule has 0 radical (unpaired) electrons. The molecular weight excluding hydrogens is 576 g/mol. The van der Waals surface area contributed by atoms with E-state index in [0.29, 0.717) is 23.7 Å². The zero-order valence-corrected chi connectivity index (χ0v) is 25.5. The first kappa shape index (κ1) is 28.9. The summed E-state index contributed by atoms with van der Waals surface area (Å²) in [6.45, 7) is 4.56. The van der Waals surface area contributed by atoms with E-state index in [4.69, 9.17) is 16.3 Å². The summed E-state index contributed by atoms with van der Waals surface area (Å²) in [6.07, 6.45) is 3.08. The Labute approximate surface area is 251 Å². The van der Waals surface area contributed by atoms with E-state index < -0.39 is 22.7 Å².